The zero-order valence-electron chi connectivity index (χ0n) is 8.08. The number of carbonyl (C=O) groups is 1. The van der Waals surface area contributed by atoms with Crippen LogP contribution in [0.3, 0.4) is 0 Å². The van der Waals surface area contributed by atoms with Gasteiger partial charge in [-0.1, -0.05) is 0 Å². The summed E-state index contributed by atoms with van der Waals surface area (Å²) in [5.41, 5.74) is 0. The highest BCUT2D eigenvalue weighted by molar-refractivity contribution is 7.98. The summed E-state index contributed by atoms with van der Waals surface area (Å²) < 4.78 is 4.71. The molecule has 1 amide bonds. The second-order valence-corrected chi connectivity index (χ2v) is 3.64. The number of methoxy groups -OCH3 is 1. The Bertz CT molecular complexity index is 143. The van der Waals surface area contributed by atoms with Gasteiger partial charge >= 0.3 is 0 Å². The number of aliphatic hydroxyl groups is 1. The van der Waals surface area contributed by atoms with Crippen molar-refractivity contribution in [3.63, 3.8) is 0 Å². The quantitative estimate of drug-likeness (QED) is 0.610. The van der Waals surface area contributed by atoms with Crippen LogP contribution in [-0.2, 0) is 9.53 Å². The summed E-state index contributed by atoms with van der Waals surface area (Å²) in [5, 5.41) is 11.8. The standard InChI is InChI=1S/C8H17NO3S/c1-12-6-7(10)5-9-8(11)3-4-13-2/h7,10H,3-6H2,1-2H3,(H,9,11). The normalized spacial score (nSPS) is 12.5. The molecule has 0 aliphatic carbocycles. The number of ether oxygens (including phenoxy) is 1. The van der Waals surface area contributed by atoms with E-state index in [1.807, 2.05) is 6.26 Å². The lowest BCUT2D eigenvalue weighted by atomic mass is 10.3. The summed E-state index contributed by atoms with van der Waals surface area (Å²) in [6, 6.07) is 0. The van der Waals surface area contributed by atoms with Crippen LogP contribution in [0.1, 0.15) is 6.42 Å². The third-order valence-corrected chi connectivity index (χ3v) is 2.04. The molecular formula is C8H17NO3S. The molecule has 78 valence electrons. The highest BCUT2D eigenvalue weighted by Gasteiger charge is 2.05. The van der Waals surface area contributed by atoms with Crippen LogP contribution in [0.4, 0.5) is 0 Å². The molecule has 0 aromatic carbocycles. The molecular weight excluding hydrogens is 190 g/mol. The van der Waals surface area contributed by atoms with Crippen molar-refractivity contribution in [3.8, 4) is 0 Å². The molecule has 0 aliphatic rings. The second kappa shape index (κ2) is 8.34. The van der Waals surface area contributed by atoms with E-state index in [-0.39, 0.29) is 19.1 Å². The van der Waals surface area contributed by atoms with Crippen LogP contribution < -0.4 is 5.32 Å². The molecule has 0 aromatic heterocycles. The van der Waals surface area contributed by atoms with Gasteiger partial charge in [0.05, 0.1) is 12.7 Å². The highest BCUT2D eigenvalue weighted by Crippen LogP contribution is 1.94. The van der Waals surface area contributed by atoms with Crippen LogP contribution in [0.5, 0.6) is 0 Å². The Morgan fingerprint density at radius 1 is 1.69 bits per heavy atom. The zero-order valence-corrected chi connectivity index (χ0v) is 8.89. The first-order valence-corrected chi connectivity index (χ1v) is 5.52. The Balaban J connectivity index is 3.34. The molecule has 13 heavy (non-hydrogen) atoms. The van der Waals surface area contributed by atoms with Gasteiger partial charge in [0.1, 0.15) is 0 Å². The predicted molar refractivity (Wildman–Crippen MR) is 53.9 cm³/mol. The third-order valence-electron chi connectivity index (χ3n) is 1.43. The van der Waals surface area contributed by atoms with Crippen molar-refractivity contribution in [1.29, 1.82) is 0 Å². The Morgan fingerprint density at radius 2 is 2.38 bits per heavy atom. The summed E-state index contributed by atoms with van der Waals surface area (Å²) >= 11 is 1.63. The third kappa shape index (κ3) is 8.08. The number of amides is 1. The van der Waals surface area contributed by atoms with Gasteiger partial charge in [0.25, 0.3) is 0 Å². The minimum Gasteiger partial charge on any atom is -0.389 e. The van der Waals surface area contributed by atoms with Gasteiger partial charge in [0.15, 0.2) is 0 Å². The molecule has 0 bridgehead atoms. The lowest BCUT2D eigenvalue weighted by Gasteiger charge is -2.10. The Hall–Kier alpha value is -0.260. The second-order valence-electron chi connectivity index (χ2n) is 2.66. The largest absolute Gasteiger partial charge is 0.389 e. The first kappa shape index (κ1) is 12.7. The number of hydrogen-bond donors (Lipinski definition) is 2. The minimum absolute atomic E-state index is 0.0236. The monoisotopic (exact) mass is 207 g/mol. The molecule has 0 radical (unpaired) electrons. The summed E-state index contributed by atoms with van der Waals surface area (Å²) in [7, 11) is 1.51. The summed E-state index contributed by atoms with van der Waals surface area (Å²) in [6.07, 6.45) is 1.84. The molecule has 0 fully saturated rings. The van der Waals surface area contributed by atoms with Crippen molar-refractivity contribution in [3.05, 3.63) is 0 Å². The molecule has 0 aromatic rings. The van der Waals surface area contributed by atoms with Crippen LogP contribution in [0, 0.1) is 0 Å². The Morgan fingerprint density at radius 3 is 2.92 bits per heavy atom. The van der Waals surface area contributed by atoms with E-state index in [2.05, 4.69) is 5.32 Å². The van der Waals surface area contributed by atoms with E-state index in [0.29, 0.717) is 6.42 Å². The van der Waals surface area contributed by atoms with Crippen molar-refractivity contribution in [2.24, 2.45) is 0 Å². The number of hydrogen-bond acceptors (Lipinski definition) is 4. The average Bonchev–Trinajstić information content (AvgIpc) is 2.12. The number of carbonyl (C=O) groups excluding carboxylic acids is 1. The first-order chi connectivity index (χ1) is 6.20. The van der Waals surface area contributed by atoms with Crippen LogP contribution in [0.15, 0.2) is 0 Å². The van der Waals surface area contributed by atoms with Crippen molar-refractivity contribution >= 4 is 17.7 Å². The van der Waals surface area contributed by atoms with Crippen molar-refractivity contribution in [1.82, 2.24) is 5.32 Å². The van der Waals surface area contributed by atoms with Gasteiger partial charge in [0, 0.05) is 25.8 Å². The molecule has 0 spiro atoms. The van der Waals surface area contributed by atoms with Crippen LogP contribution in [0.25, 0.3) is 0 Å². The summed E-state index contributed by atoms with van der Waals surface area (Å²) in [5.74, 6) is 0.788. The van der Waals surface area contributed by atoms with Gasteiger partial charge in [-0.05, 0) is 6.26 Å². The smallest absolute Gasteiger partial charge is 0.220 e. The molecule has 4 nitrogen and oxygen atoms in total. The topological polar surface area (TPSA) is 58.6 Å². The molecule has 0 aliphatic heterocycles. The number of thioether (sulfide) groups is 1. The number of nitrogens with one attached hydrogen (secondary N) is 1. The van der Waals surface area contributed by atoms with E-state index in [9.17, 15) is 9.90 Å². The Kier molecular flexibility index (Phi) is 8.18. The molecule has 1 unspecified atom stereocenters. The SMILES string of the molecule is COCC(O)CNC(=O)CCSC. The Labute approximate surface area is 83.0 Å². The van der Waals surface area contributed by atoms with Crippen LogP contribution in [-0.4, -0.2) is 49.4 Å². The fraction of sp³-hybridized carbons (Fsp3) is 0.875. The van der Waals surface area contributed by atoms with Crippen molar-refractivity contribution in [2.75, 3.05) is 32.3 Å². The lowest BCUT2D eigenvalue weighted by Crippen LogP contribution is -2.34. The fourth-order valence-corrected chi connectivity index (χ4v) is 1.16. The van der Waals surface area contributed by atoms with E-state index in [1.165, 1.54) is 7.11 Å². The van der Waals surface area contributed by atoms with Crippen LogP contribution >= 0.6 is 11.8 Å². The van der Waals surface area contributed by atoms with E-state index in [4.69, 9.17) is 4.74 Å². The van der Waals surface area contributed by atoms with E-state index >= 15 is 0 Å². The highest BCUT2D eigenvalue weighted by atomic mass is 32.2. The van der Waals surface area contributed by atoms with Gasteiger partial charge in [-0.3, -0.25) is 4.79 Å². The van der Waals surface area contributed by atoms with Gasteiger partial charge in [-0.25, -0.2) is 0 Å². The van der Waals surface area contributed by atoms with E-state index in [0.717, 1.165) is 5.75 Å². The van der Waals surface area contributed by atoms with E-state index < -0.39 is 6.10 Å². The van der Waals surface area contributed by atoms with Gasteiger partial charge in [0.2, 0.25) is 5.91 Å². The molecule has 0 rings (SSSR count). The molecule has 0 saturated carbocycles. The average molecular weight is 207 g/mol. The van der Waals surface area contributed by atoms with Gasteiger partial charge in [-0.2, -0.15) is 11.8 Å². The summed E-state index contributed by atoms with van der Waals surface area (Å²) in [6.45, 7) is 0.518. The zero-order chi connectivity index (χ0) is 10.1. The molecule has 0 saturated heterocycles. The van der Waals surface area contributed by atoms with Gasteiger partial charge in [-0.15, -0.1) is 0 Å². The maximum atomic E-state index is 11.0. The lowest BCUT2D eigenvalue weighted by molar-refractivity contribution is -0.121. The maximum Gasteiger partial charge on any atom is 0.220 e. The molecule has 5 heteroatoms. The summed E-state index contributed by atoms with van der Waals surface area (Å²) in [4.78, 5) is 11.0. The van der Waals surface area contributed by atoms with Crippen LogP contribution in [0.2, 0.25) is 0 Å². The fourth-order valence-electron chi connectivity index (χ4n) is 0.766. The minimum atomic E-state index is -0.608. The number of aliphatic hydroxyl groups excluding tert-OH is 1. The maximum absolute atomic E-state index is 11.0. The number of rotatable bonds is 7. The predicted octanol–water partition coefficient (Wildman–Crippen LogP) is -0.137. The molecule has 2 N–H and O–H groups in total. The van der Waals surface area contributed by atoms with E-state index in [1.54, 1.807) is 11.8 Å². The van der Waals surface area contributed by atoms with Crippen molar-refractivity contribution in [2.45, 2.75) is 12.5 Å². The van der Waals surface area contributed by atoms with Gasteiger partial charge < -0.3 is 15.2 Å². The molecule has 0 heterocycles. The van der Waals surface area contributed by atoms with Crippen molar-refractivity contribution < 1.29 is 14.6 Å². The first-order valence-electron chi connectivity index (χ1n) is 4.13. The molecule has 1 atom stereocenters.